The van der Waals surface area contributed by atoms with Gasteiger partial charge in [-0.15, -0.1) is 0 Å². The summed E-state index contributed by atoms with van der Waals surface area (Å²) in [4.78, 5) is 13.9. The van der Waals surface area contributed by atoms with Gasteiger partial charge in [0.2, 0.25) is 0 Å². The molecule has 0 fully saturated rings. The van der Waals surface area contributed by atoms with E-state index < -0.39 is 0 Å². The molecule has 0 spiro atoms. The van der Waals surface area contributed by atoms with Crippen molar-refractivity contribution in [3.63, 3.8) is 0 Å². The minimum Gasteiger partial charge on any atom is -0.398 e. The maximum atomic E-state index is 12.3. The average Bonchev–Trinajstić information content (AvgIpc) is 2.37. The van der Waals surface area contributed by atoms with Crippen LogP contribution in [0.1, 0.15) is 35.7 Å². The standard InChI is InChI=1S/C14H22N2O2/c1-3-4-7-16(8-9-17)14(18)12-6-5-11(2)13(15)10-12/h5-6,10,17H,3-4,7-9,15H2,1-2H3. The van der Waals surface area contributed by atoms with Crippen molar-refractivity contribution in [2.75, 3.05) is 25.4 Å². The highest BCUT2D eigenvalue weighted by atomic mass is 16.3. The highest BCUT2D eigenvalue weighted by Crippen LogP contribution is 2.15. The number of aliphatic hydroxyl groups is 1. The first-order valence-corrected chi connectivity index (χ1v) is 6.36. The molecule has 0 saturated carbocycles. The number of hydrogen-bond acceptors (Lipinski definition) is 3. The van der Waals surface area contributed by atoms with Gasteiger partial charge < -0.3 is 15.7 Å². The van der Waals surface area contributed by atoms with Crippen LogP contribution in [0.15, 0.2) is 18.2 Å². The number of rotatable bonds is 6. The number of carbonyl (C=O) groups is 1. The molecular weight excluding hydrogens is 228 g/mol. The van der Waals surface area contributed by atoms with E-state index in [1.165, 1.54) is 0 Å². The molecule has 0 atom stereocenters. The predicted molar refractivity (Wildman–Crippen MR) is 73.5 cm³/mol. The maximum absolute atomic E-state index is 12.3. The number of nitrogen functional groups attached to an aromatic ring is 1. The van der Waals surface area contributed by atoms with E-state index in [-0.39, 0.29) is 12.5 Å². The van der Waals surface area contributed by atoms with Crippen molar-refractivity contribution in [1.29, 1.82) is 0 Å². The molecule has 0 saturated heterocycles. The topological polar surface area (TPSA) is 66.6 Å². The van der Waals surface area contributed by atoms with Crippen molar-refractivity contribution in [2.24, 2.45) is 0 Å². The Morgan fingerprint density at radius 1 is 1.39 bits per heavy atom. The molecule has 1 aromatic carbocycles. The van der Waals surface area contributed by atoms with Crippen LogP contribution >= 0.6 is 0 Å². The van der Waals surface area contributed by atoms with Crippen molar-refractivity contribution < 1.29 is 9.90 Å². The molecular formula is C14H22N2O2. The second kappa shape index (κ2) is 7.01. The van der Waals surface area contributed by atoms with Crippen LogP contribution in [0, 0.1) is 6.92 Å². The zero-order chi connectivity index (χ0) is 13.5. The normalized spacial score (nSPS) is 10.4. The first-order chi connectivity index (χ1) is 8.60. The molecule has 1 aromatic rings. The molecule has 0 aromatic heterocycles. The SMILES string of the molecule is CCCCN(CCO)C(=O)c1ccc(C)c(N)c1. The Morgan fingerprint density at radius 3 is 2.67 bits per heavy atom. The summed E-state index contributed by atoms with van der Waals surface area (Å²) in [6.07, 6.45) is 1.96. The summed E-state index contributed by atoms with van der Waals surface area (Å²) in [6.45, 7) is 5.00. The van der Waals surface area contributed by atoms with Crippen molar-refractivity contribution in [3.05, 3.63) is 29.3 Å². The Labute approximate surface area is 108 Å². The van der Waals surface area contributed by atoms with Crippen LogP contribution in [0.3, 0.4) is 0 Å². The first kappa shape index (κ1) is 14.5. The molecule has 0 unspecified atom stereocenters. The fourth-order valence-corrected chi connectivity index (χ4v) is 1.74. The molecule has 0 aliphatic heterocycles. The summed E-state index contributed by atoms with van der Waals surface area (Å²) >= 11 is 0. The molecule has 0 heterocycles. The lowest BCUT2D eigenvalue weighted by atomic mass is 10.1. The number of hydrogen-bond donors (Lipinski definition) is 2. The van der Waals surface area contributed by atoms with Crippen LogP contribution in [0.25, 0.3) is 0 Å². The van der Waals surface area contributed by atoms with Gasteiger partial charge in [0.1, 0.15) is 0 Å². The summed E-state index contributed by atoms with van der Waals surface area (Å²) in [7, 11) is 0. The molecule has 0 radical (unpaired) electrons. The quantitative estimate of drug-likeness (QED) is 0.757. The zero-order valence-electron chi connectivity index (χ0n) is 11.1. The van der Waals surface area contributed by atoms with E-state index in [1.54, 1.807) is 17.0 Å². The Kier molecular flexibility index (Phi) is 5.65. The van der Waals surface area contributed by atoms with Crippen LogP contribution < -0.4 is 5.73 Å². The Balaban J connectivity index is 2.83. The highest BCUT2D eigenvalue weighted by molar-refractivity contribution is 5.95. The van der Waals surface area contributed by atoms with E-state index in [2.05, 4.69) is 6.92 Å². The van der Waals surface area contributed by atoms with E-state index >= 15 is 0 Å². The average molecular weight is 250 g/mol. The van der Waals surface area contributed by atoms with E-state index in [0.29, 0.717) is 24.3 Å². The molecule has 1 amide bonds. The number of benzene rings is 1. The van der Waals surface area contributed by atoms with E-state index in [0.717, 1.165) is 18.4 Å². The molecule has 1 rings (SSSR count). The van der Waals surface area contributed by atoms with Gasteiger partial charge in [0.25, 0.3) is 5.91 Å². The van der Waals surface area contributed by atoms with Crippen LogP contribution in [0.5, 0.6) is 0 Å². The third kappa shape index (κ3) is 3.74. The van der Waals surface area contributed by atoms with Crippen LogP contribution in [0.4, 0.5) is 5.69 Å². The molecule has 3 N–H and O–H groups in total. The van der Waals surface area contributed by atoms with Gasteiger partial charge in [-0.05, 0) is 31.0 Å². The molecule has 4 nitrogen and oxygen atoms in total. The Hall–Kier alpha value is -1.55. The summed E-state index contributed by atoms with van der Waals surface area (Å²) in [5.41, 5.74) is 7.99. The predicted octanol–water partition coefficient (Wildman–Crippen LogP) is 1.81. The van der Waals surface area contributed by atoms with E-state index in [4.69, 9.17) is 10.8 Å². The second-order valence-corrected chi connectivity index (χ2v) is 4.44. The summed E-state index contributed by atoms with van der Waals surface area (Å²) in [5, 5.41) is 9.01. The molecule has 0 aliphatic rings. The lowest BCUT2D eigenvalue weighted by Crippen LogP contribution is -2.34. The lowest BCUT2D eigenvalue weighted by Gasteiger charge is -2.21. The van der Waals surface area contributed by atoms with Crippen LogP contribution in [-0.4, -0.2) is 35.6 Å². The zero-order valence-corrected chi connectivity index (χ0v) is 11.1. The number of nitrogens with zero attached hydrogens (tertiary/aromatic N) is 1. The minimum absolute atomic E-state index is 0.0171. The van der Waals surface area contributed by atoms with Crippen molar-refractivity contribution in [1.82, 2.24) is 4.90 Å². The third-order valence-electron chi connectivity index (χ3n) is 2.96. The summed E-state index contributed by atoms with van der Waals surface area (Å²) in [6, 6.07) is 5.33. The third-order valence-corrected chi connectivity index (χ3v) is 2.96. The second-order valence-electron chi connectivity index (χ2n) is 4.44. The first-order valence-electron chi connectivity index (χ1n) is 6.36. The molecule has 0 aliphatic carbocycles. The van der Waals surface area contributed by atoms with Crippen LogP contribution in [-0.2, 0) is 0 Å². The number of nitrogens with two attached hydrogens (primary N) is 1. The number of aliphatic hydroxyl groups excluding tert-OH is 1. The fourth-order valence-electron chi connectivity index (χ4n) is 1.74. The van der Waals surface area contributed by atoms with Gasteiger partial charge in [0.05, 0.1) is 6.61 Å². The van der Waals surface area contributed by atoms with Crippen LogP contribution in [0.2, 0.25) is 0 Å². The fraction of sp³-hybridized carbons (Fsp3) is 0.500. The van der Waals surface area contributed by atoms with E-state index in [1.807, 2.05) is 13.0 Å². The van der Waals surface area contributed by atoms with Gasteiger partial charge in [0.15, 0.2) is 0 Å². The number of unbranched alkanes of at least 4 members (excludes halogenated alkanes) is 1. The van der Waals surface area contributed by atoms with Gasteiger partial charge in [-0.25, -0.2) is 0 Å². The molecule has 0 bridgehead atoms. The number of anilines is 1. The molecule has 100 valence electrons. The lowest BCUT2D eigenvalue weighted by molar-refractivity contribution is 0.0719. The molecule has 4 heteroatoms. The monoisotopic (exact) mass is 250 g/mol. The van der Waals surface area contributed by atoms with Gasteiger partial charge in [-0.3, -0.25) is 4.79 Å². The minimum atomic E-state index is -0.0656. The molecule has 18 heavy (non-hydrogen) atoms. The number of carbonyl (C=O) groups excluding carboxylic acids is 1. The largest absolute Gasteiger partial charge is 0.398 e. The van der Waals surface area contributed by atoms with Gasteiger partial charge >= 0.3 is 0 Å². The van der Waals surface area contributed by atoms with Crippen molar-refractivity contribution >= 4 is 11.6 Å². The Morgan fingerprint density at radius 2 is 2.11 bits per heavy atom. The maximum Gasteiger partial charge on any atom is 0.254 e. The van der Waals surface area contributed by atoms with Crippen molar-refractivity contribution in [3.8, 4) is 0 Å². The summed E-state index contributed by atoms with van der Waals surface area (Å²) in [5.74, 6) is -0.0656. The number of amides is 1. The van der Waals surface area contributed by atoms with Gasteiger partial charge in [-0.1, -0.05) is 19.4 Å². The Bertz CT molecular complexity index is 405. The van der Waals surface area contributed by atoms with E-state index in [9.17, 15) is 4.79 Å². The van der Waals surface area contributed by atoms with Crippen molar-refractivity contribution in [2.45, 2.75) is 26.7 Å². The van der Waals surface area contributed by atoms with Gasteiger partial charge in [-0.2, -0.15) is 0 Å². The summed E-state index contributed by atoms with van der Waals surface area (Å²) < 4.78 is 0. The number of aryl methyl sites for hydroxylation is 1. The van der Waals surface area contributed by atoms with Gasteiger partial charge in [0, 0.05) is 24.3 Å². The smallest absolute Gasteiger partial charge is 0.254 e. The highest BCUT2D eigenvalue weighted by Gasteiger charge is 2.15.